The lowest BCUT2D eigenvalue weighted by Gasteiger charge is -2.22. The zero-order chi connectivity index (χ0) is 14.6. The number of benzene rings is 1. The summed E-state index contributed by atoms with van der Waals surface area (Å²) in [5.41, 5.74) is 0.962. The number of rotatable bonds is 6. The molecule has 2 N–H and O–H groups in total. The Labute approximate surface area is 120 Å². The van der Waals surface area contributed by atoms with Crippen LogP contribution in [0.1, 0.15) is 18.4 Å². The van der Waals surface area contributed by atoms with E-state index < -0.39 is 15.3 Å². The minimum absolute atomic E-state index is 0.444. The summed E-state index contributed by atoms with van der Waals surface area (Å²) in [7, 11) is -1.93. The van der Waals surface area contributed by atoms with Gasteiger partial charge < -0.3 is 9.64 Å². The second kappa shape index (κ2) is 6.56. The van der Waals surface area contributed by atoms with Crippen molar-refractivity contribution in [2.24, 2.45) is 5.14 Å². The maximum absolute atomic E-state index is 11.8. The molecule has 1 aromatic carbocycles. The first-order chi connectivity index (χ1) is 9.49. The van der Waals surface area contributed by atoms with E-state index in [1.807, 2.05) is 24.3 Å². The first-order valence-electron chi connectivity index (χ1n) is 6.86. The van der Waals surface area contributed by atoms with Crippen molar-refractivity contribution in [1.82, 2.24) is 4.90 Å². The third kappa shape index (κ3) is 4.19. The summed E-state index contributed by atoms with van der Waals surface area (Å²) in [5.74, 6) is 0.764. The Morgan fingerprint density at radius 3 is 2.35 bits per heavy atom. The van der Waals surface area contributed by atoms with E-state index in [1.54, 1.807) is 7.11 Å². The van der Waals surface area contributed by atoms with Crippen molar-refractivity contribution in [3.05, 3.63) is 29.8 Å². The first kappa shape index (κ1) is 15.3. The van der Waals surface area contributed by atoms with Crippen LogP contribution in [0.5, 0.6) is 5.75 Å². The number of methoxy groups -OCH3 is 1. The van der Waals surface area contributed by atoms with Gasteiger partial charge >= 0.3 is 0 Å². The molecule has 0 aliphatic carbocycles. The van der Waals surface area contributed by atoms with E-state index in [0.717, 1.165) is 37.2 Å². The highest BCUT2D eigenvalue weighted by molar-refractivity contribution is 7.89. The summed E-state index contributed by atoms with van der Waals surface area (Å²) in [5, 5.41) is 4.84. The van der Waals surface area contributed by atoms with Crippen LogP contribution in [0.2, 0.25) is 0 Å². The van der Waals surface area contributed by atoms with Crippen molar-refractivity contribution in [3.63, 3.8) is 0 Å². The molecule has 0 amide bonds. The quantitative estimate of drug-likeness (QED) is 0.850. The summed E-state index contributed by atoms with van der Waals surface area (Å²) in [6.45, 7) is 2.45. The number of sulfonamides is 1. The molecular weight excluding hydrogens is 276 g/mol. The van der Waals surface area contributed by atoms with E-state index in [9.17, 15) is 8.42 Å². The fourth-order valence-electron chi connectivity index (χ4n) is 2.56. The largest absolute Gasteiger partial charge is 0.497 e. The van der Waals surface area contributed by atoms with E-state index >= 15 is 0 Å². The predicted octanol–water partition coefficient (Wildman–Crippen LogP) is 0.991. The van der Waals surface area contributed by atoms with Crippen LogP contribution in [0.4, 0.5) is 0 Å². The Bertz CT molecular complexity index is 522. The molecule has 0 spiro atoms. The molecule has 1 atom stereocenters. The van der Waals surface area contributed by atoms with Gasteiger partial charge in [-0.2, -0.15) is 0 Å². The second-order valence-electron chi connectivity index (χ2n) is 5.27. The van der Waals surface area contributed by atoms with Crippen LogP contribution in [-0.2, 0) is 16.4 Å². The Morgan fingerprint density at radius 2 is 1.85 bits per heavy atom. The third-order valence-electron chi connectivity index (χ3n) is 3.75. The van der Waals surface area contributed by atoms with E-state index in [2.05, 4.69) is 4.90 Å². The molecule has 5 nitrogen and oxygen atoms in total. The number of nitrogens with zero attached hydrogens (tertiary/aromatic N) is 1. The van der Waals surface area contributed by atoms with E-state index in [0.29, 0.717) is 13.0 Å². The highest BCUT2D eigenvalue weighted by Gasteiger charge is 2.26. The van der Waals surface area contributed by atoms with Crippen LogP contribution in [0.25, 0.3) is 0 Å². The Kier molecular flexibility index (Phi) is 5.01. The average molecular weight is 298 g/mol. The number of likely N-dealkylation sites (tertiary alicyclic amines) is 1. The topological polar surface area (TPSA) is 72.6 Å². The van der Waals surface area contributed by atoms with E-state index in [-0.39, 0.29) is 0 Å². The van der Waals surface area contributed by atoms with Crippen LogP contribution < -0.4 is 9.88 Å². The van der Waals surface area contributed by atoms with Gasteiger partial charge in [-0.1, -0.05) is 12.1 Å². The van der Waals surface area contributed by atoms with Gasteiger partial charge in [-0.05, 0) is 50.0 Å². The smallest absolute Gasteiger partial charge is 0.213 e. The van der Waals surface area contributed by atoms with Gasteiger partial charge in [0.2, 0.25) is 10.0 Å². The van der Waals surface area contributed by atoms with Gasteiger partial charge in [-0.25, -0.2) is 13.6 Å². The van der Waals surface area contributed by atoms with Crippen LogP contribution in [-0.4, -0.2) is 45.3 Å². The van der Waals surface area contributed by atoms with Crippen molar-refractivity contribution in [2.45, 2.75) is 24.5 Å². The third-order valence-corrected chi connectivity index (χ3v) is 4.99. The number of primary sulfonamides is 1. The lowest BCUT2D eigenvalue weighted by molar-refractivity contribution is 0.333. The van der Waals surface area contributed by atoms with Crippen LogP contribution in [0.3, 0.4) is 0 Å². The van der Waals surface area contributed by atoms with Crippen molar-refractivity contribution < 1.29 is 13.2 Å². The second-order valence-corrected chi connectivity index (χ2v) is 7.12. The van der Waals surface area contributed by atoms with Crippen LogP contribution >= 0.6 is 0 Å². The normalized spacial score (nSPS) is 18.1. The van der Waals surface area contributed by atoms with Crippen molar-refractivity contribution in [2.75, 3.05) is 26.7 Å². The average Bonchev–Trinajstić information content (AvgIpc) is 2.91. The number of nitrogens with two attached hydrogens (primary N) is 1. The van der Waals surface area contributed by atoms with Crippen LogP contribution in [0, 0.1) is 0 Å². The molecule has 112 valence electrons. The van der Waals surface area contributed by atoms with Gasteiger partial charge in [0.05, 0.1) is 12.4 Å². The predicted molar refractivity (Wildman–Crippen MR) is 79.3 cm³/mol. The fraction of sp³-hybridized carbons (Fsp3) is 0.571. The molecule has 1 aromatic rings. The van der Waals surface area contributed by atoms with Crippen molar-refractivity contribution in [3.8, 4) is 5.75 Å². The summed E-state index contributed by atoms with van der Waals surface area (Å²) in [6.07, 6.45) is 2.72. The standard InChI is InChI=1S/C14H22N2O3S/c1-19-13-6-4-12(5-7-13)10-14(20(15,17)18)11-16-8-2-3-9-16/h4-7,14H,2-3,8-11H2,1H3,(H2,15,17,18). The molecule has 0 bridgehead atoms. The Hall–Kier alpha value is -1.11. The van der Waals surface area contributed by atoms with Gasteiger partial charge in [-0.15, -0.1) is 0 Å². The van der Waals surface area contributed by atoms with Crippen LogP contribution in [0.15, 0.2) is 24.3 Å². The zero-order valence-corrected chi connectivity index (χ0v) is 12.6. The van der Waals surface area contributed by atoms with Gasteiger partial charge in [0.1, 0.15) is 5.75 Å². The van der Waals surface area contributed by atoms with Crippen molar-refractivity contribution in [1.29, 1.82) is 0 Å². The van der Waals surface area contributed by atoms with E-state index in [1.165, 1.54) is 0 Å². The fourth-order valence-corrected chi connectivity index (χ4v) is 3.41. The molecule has 2 rings (SSSR count). The molecule has 20 heavy (non-hydrogen) atoms. The summed E-state index contributed by atoms with van der Waals surface area (Å²) in [6, 6.07) is 7.46. The van der Waals surface area contributed by atoms with Crippen molar-refractivity contribution >= 4 is 10.0 Å². The molecule has 1 heterocycles. The Balaban J connectivity index is 2.06. The molecule has 1 aliphatic rings. The first-order valence-corrected chi connectivity index (χ1v) is 8.47. The van der Waals surface area contributed by atoms with Gasteiger partial charge in [0.15, 0.2) is 0 Å². The molecule has 1 unspecified atom stereocenters. The minimum Gasteiger partial charge on any atom is -0.497 e. The molecular formula is C14H22N2O3S. The maximum Gasteiger partial charge on any atom is 0.213 e. The van der Waals surface area contributed by atoms with Gasteiger partial charge in [0.25, 0.3) is 0 Å². The lowest BCUT2D eigenvalue weighted by Crippen LogP contribution is -2.40. The zero-order valence-electron chi connectivity index (χ0n) is 11.8. The number of hydrogen-bond acceptors (Lipinski definition) is 4. The molecule has 1 saturated heterocycles. The highest BCUT2D eigenvalue weighted by Crippen LogP contribution is 2.17. The van der Waals surface area contributed by atoms with Gasteiger partial charge in [-0.3, -0.25) is 0 Å². The summed E-state index contributed by atoms with van der Waals surface area (Å²) < 4.78 is 28.6. The SMILES string of the molecule is COc1ccc(CC(CN2CCCC2)S(N)(=O)=O)cc1. The summed E-state index contributed by atoms with van der Waals surface area (Å²) >= 11 is 0. The monoisotopic (exact) mass is 298 g/mol. The maximum atomic E-state index is 11.8. The lowest BCUT2D eigenvalue weighted by atomic mass is 10.1. The molecule has 0 aromatic heterocycles. The highest BCUT2D eigenvalue weighted by atomic mass is 32.2. The summed E-state index contributed by atoms with van der Waals surface area (Å²) in [4.78, 5) is 2.18. The molecule has 0 saturated carbocycles. The Morgan fingerprint density at radius 1 is 1.25 bits per heavy atom. The number of hydrogen-bond donors (Lipinski definition) is 1. The molecule has 1 fully saturated rings. The molecule has 1 aliphatic heterocycles. The van der Waals surface area contributed by atoms with E-state index in [4.69, 9.17) is 9.88 Å². The van der Waals surface area contributed by atoms with Gasteiger partial charge in [0, 0.05) is 6.54 Å². The number of ether oxygens (including phenoxy) is 1. The molecule has 0 radical (unpaired) electrons. The minimum atomic E-state index is -3.54. The molecule has 6 heteroatoms.